The Morgan fingerprint density at radius 1 is 0.329 bits per heavy atom. The van der Waals surface area contributed by atoms with Crippen LogP contribution in [0.3, 0.4) is 0 Å². The third-order valence-electron chi connectivity index (χ3n) is 15.6. The van der Waals surface area contributed by atoms with Crippen LogP contribution in [-0.2, 0) is 20.4 Å². The summed E-state index contributed by atoms with van der Waals surface area (Å²) in [6, 6.07) is 79.6. The van der Waals surface area contributed by atoms with Gasteiger partial charge in [-0.2, -0.15) is 0 Å². The molecule has 0 saturated carbocycles. The van der Waals surface area contributed by atoms with Crippen LogP contribution in [0.5, 0.6) is 0 Å². The number of anilines is 3. The van der Waals surface area contributed by atoms with E-state index in [1.165, 1.54) is 77.9 Å². The summed E-state index contributed by atoms with van der Waals surface area (Å²) in [4.78, 5) is 49.3. The van der Waals surface area contributed by atoms with Gasteiger partial charge in [-0.05, 0) is 138 Å². The number of fused-ring (bicyclic) bond motifs is 22. The number of nitrogens with one attached hydrogen (secondary N) is 1. The molecule has 7 heteroatoms. The van der Waals surface area contributed by atoms with Crippen LogP contribution in [-0.4, -0.2) is 23.4 Å². The average Bonchev–Trinajstić information content (AvgIpc) is 4.23. The van der Waals surface area contributed by atoms with E-state index in [9.17, 15) is 19.2 Å². The molecule has 0 unspecified atom stereocenters. The summed E-state index contributed by atoms with van der Waals surface area (Å²) in [5, 5.41) is 2.46. The standard InChI is InChI=1S/C33H19NO2.C25H15Br.C8H5NO2/c35-31-25-12-4-8-16-30(25)34(32(31)36)20-17-18-24-23-11-3-7-15-28(23)33(29(24)19-20)26-13-5-1-9-21(26)22-10-2-6-14-27(22)33;26-16-13-14-20-19-9-3-6-12-23(19)25(24(20)15-16)21-10-4-1-7-17(21)18-8-2-5-11-22(18)25;10-7-5-3-1-2-4-6(5)9-8(7)11/h1-19H;1-15H;1-4H,(H,9,10,11). The van der Waals surface area contributed by atoms with Crippen molar-refractivity contribution in [1.29, 1.82) is 0 Å². The van der Waals surface area contributed by atoms with Crippen LogP contribution in [0.4, 0.5) is 17.1 Å². The van der Waals surface area contributed by atoms with Crippen LogP contribution in [0, 0.1) is 0 Å². The number of nitrogens with zero attached hydrogens (tertiary/aromatic N) is 1. The van der Waals surface area contributed by atoms with Crippen molar-refractivity contribution in [3.63, 3.8) is 0 Å². The molecule has 6 nitrogen and oxygen atoms in total. The van der Waals surface area contributed by atoms with Crippen molar-refractivity contribution in [2.45, 2.75) is 10.8 Å². The molecular formula is C66H39BrN2O4. The summed E-state index contributed by atoms with van der Waals surface area (Å²) in [5.74, 6) is -1.94. The molecule has 6 aliphatic rings. The zero-order valence-electron chi connectivity index (χ0n) is 38.9. The number of benzene rings is 10. The maximum Gasteiger partial charge on any atom is 0.304 e. The summed E-state index contributed by atoms with van der Waals surface area (Å²) in [6.07, 6.45) is 0. The first-order chi connectivity index (χ1) is 35.8. The third-order valence-corrected chi connectivity index (χ3v) is 16.1. The van der Waals surface area contributed by atoms with Gasteiger partial charge in [0.25, 0.3) is 17.5 Å². The van der Waals surface area contributed by atoms with Gasteiger partial charge in [0.1, 0.15) is 0 Å². The SMILES string of the molecule is Brc1ccc2c(c1)C1(c3ccccc3-c3ccccc31)c1ccccc1-2.O=C1C(=O)N(c2ccc3c(c2)C2(c4ccccc4-c4ccccc42)c2ccccc2-3)c2ccccc21.O=C1Nc2ccccc2C1=O. The Balaban J connectivity index is 0.000000116. The van der Waals surface area contributed by atoms with Crippen molar-refractivity contribution in [3.8, 4) is 44.5 Å². The highest BCUT2D eigenvalue weighted by Crippen LogP contribution is 2.64. The van der Waals surface area contributed by atoms with Crippen molar-refractivity contribution in [3.05, 3.63) is 291 Å². The number of Topliss-reactive ketones (excluding diaryl/α,β-unsaturated/α-hetero) is 2. The van der Waals surface area contributed by atoms with Gasteiger partial charge in [-0.1, -0.05) is 198 Å². The number of hydrogen-bond acceptors (Lipinski definition) is 4. The van der Waals surface area contributed by atoms with Gasteiger partial charge in [0.2, 0.25) is 0 Å². The van der Waals surface area contributed by atoms with Crippen LogP contribution in [0.25, 0.3) is 44.5 Å². The normalized spacial score (nSPS) is 15.1. The molecule has 344 valence electrons. The van der Waals surface area contributed by atoms with Crippen LogP contribution in [0.1, 0.15) is 65.2 Å². The number of ketones is 2. The molecule has 4 aliphatic carbocycles. The lowest BCUT2D eigenvalue weighted by Gasteiger charge is -2.31. The lowest BCUT2D eigenvalue weighted by molar-refractivity contribution is -0.113. The number of amides is 2. The number of hydrogen-bond donors (Lipinski definition) is 1. The van der Waals surface area contributed by atoms with Crippen molar-refractivity contribution >= 4 is 56.4 Å². The van der Waals surface area contributed by atoms with Crippen molar-refractivity contribution in [2.24, 2.45) is 0 Å². The van der Waals surface area contributed by atoms with Gasteiger partial charge in [0.05, 0.1) is 33.3 Å². The first-order valence-corrected chi connectivity index (χ1v) is 25.1. The number of carbonyl (C=O) groups excluding carboxylic acids is 4. The van der Waals surface area contributed by atoms with E-state index in [4.69, 9.17) is 0 Å². The second kappa shape index (κ2) is 16.0. The van der Waals surface area contributed by atoms with E-state index in [2.05, 4.69) is 197 Å². The number of rotatable bonds is 1. The molecule has 0 aromatic heterocycles. The van der Waals surface area contributed by atoms with Crippen LogP contribution >= 0.6 is 15.9 Å². The van der Waals surface area contributed by atoms with Gasteiger partial charge < -0.3 is 5.32 Å². The van der Waals surface area contributed by atoms with Crippen molar-refractivity contribution in [1.82, 2.24) is 0 Å². The van der Waals surface area contributed by atoms with Gasteiger partial charge in [-0.25, -0.2) is 0 Å². The molecule has 0 atom stereocenters. The highest BCUT2D eigenvalue weighted by molar-refractivity contribution is 9.10. The summed E-state index contributed by atoms with van der Waals surface area (Å²) >= 11 is 3.72. The smallest absolute Gasteiger partial charge is 0.304 e. The minimum atomic E-state index is -0.536. The first kappa shape index (κ1) is 42.8. The summed E-state index contributed by atoms with van der Waals surface area (Å²) < 4.78 is 1.13. The van der Waals surface area contributed by atoms with E-state index in [0.717, 1.165) is 15.6 Å². The summed E-state index contributed by atoms with van der Waals surface area (Å²) in [5.41, 5.74) is 22.9. The zero-order valence-corrected chi connectivity index (χ0v) is 40.5. The lowest BCUT2D eigenvalue weighted by atomic mass is 9.70. The monoisotopic (exact) mass is 1000 g/mol. The van der Waals surface area contributed by atoms with Gasteiger partial charge >= 0.3 is 5.91 Å². The van der Waals surface area contributed by atoms with Crippen LogP contribution in [0.15, 0.2) is 235 Å². The number of carbonyl (C=O) groups is 4. The molecule has 2 aliphatic heterocycles. The zero-order chi connectivity index (χ0) is 49.2. The third kappa shape index (κ3) is 5.79. The van der Waals surface area contributed by atoms with Gasteiger partial charge in [0, 0.05) is 10.2 Å². The van der Waals surface area contributed by atoms with Gasteiger partial charge in [-0.3, -0.25) is 24.1 Å². The molecule has 0 fully saturated rings. The average molecular weight is 1000 g/mol. The van der Waals surface area contributed by atoms with Gasteiger partial charge in [0.15, 0.2) is 0 Å². The summed E-state index contributed by atoms with van der Waals surface area (Å²) in [7, 11) is 0. The highest BCUT2D eigenvalue weighted by atomic mass is 79.9. The van der Waals surface area contributed by atoms with Crippen LogP contribution in [0.2, 0.25) is 0 Å². The maximum atomic E-state index is 13.2. The van der Waals surface area contributed by atoms with E-state index in [1.807, 2.05) is 18.2 Å². The van der Waals surface area contributed by atoms with Crippen molar-refractivity contribution in [2.75, 3.05) is 10.2 Å². The second-order valence-corrected chi connectivity index (χ2v) is 19.9. The Kier molecular flexibility index (Phi) is 9.37. The molecule has 0 saturated heterocycles. The molecule has 0 bridgehead atoms. The molecule has 73 heavy (non-hydrogen) atoms. The Hall–Kier alpha value is -9.04. The first-order valence-electron chi connectivity index (χ1n) is 24.3. The molecule has 10 aromatic carbocycles. The molecule has 16 rings (SSSR count). The Labute approximate surface area is 429 Å². The predicted molar refractivity (Wildman–Crippen MR) is 291 cm³/mol. The van der Waals surface area contributed by atoms with E-state index in [-0.39, 0.29) is 5.41 Å². The van der Waals surface area contributed by atoms with Crippen molar-refractivity contribution < 1.29 is 19.2 Å². The number of halogens is 1. The molecule has 1 N–H and O–H groups in total. The molecule has 2 spiro atoms. The van der Waals surface area contributed by atoms with Crippen LogP contribution < -0.4 is 10.2 Å². The molecule has 0 radical (unpaired) electrons. The Morgan fingerprint density at radius 2 is 0.685 bits per heavy atom. The fraction of sp³-hybridized carbons (Fsp3) is 0.0303. The molecule has 2 amide bonds. The predicted octanol–water partition coefficient (Wildman–Crippen LogP) is 14.5. The molecular weight excluding hydrogens is 965 g/mol. The minimum Gasteiger partial charge on any atom is -0.318 e. The van der Waals surface area contributed by atoms with Gasteiger partial charge in [-0.15, -0.1) is 0 Å². The largest absolute Gasteiger partial charge is 0.318 e. The Bertz CT molecular complexity index is 3970. The maximum absolute atomic E-state index is 13.2. The second-order valence-electron chi connectivity index (χ2n) is 19.0. The molecule has 10 aromatic rings. The quantitative estimate of drug-likeness (QED) is 0.166. The van der Waals surface area contributed by atoms with E-state index < -0.39 is 28.8 Å². The fourth-order valence-electron chi connectivity index (χ4n) is 12.8. The molecule has 2 heterocycles. The van der Waals surface area contributed by atoms with E-state index in [0.29, 0.717) is 28.2 Å². The Morgan fingerprint density at radius 3 is 1.14 bits per heavy atom. The minimum absolute atomic E-state index is 0.219. The fourth-order valence-corrected chi connectivity index (χ4v) is 13.2. The lowest BCUT2D eigenvalue weighted by Crippen LogP contribution is -2.27. The van der Waals surface area contributed by atoms with E-state index in [1.54, 1.807) is 41.3 Å². The summed E-state index contributed by atoms with van der Waals surface area (Å²) in [6.45, 7) is 0. The highest BCUT2D eigenvalue weighted by Gasteiger charge is 2.53. The van der Waals surface area contributed by atoms with E-state index >= 15 is 0 Å². The topological polar surface area (TPSA) is 83.6 Å². The number of para-hydroxylation sites is 2.